The fourth-order valence-electron chi connectivity index (χ4n) is 3.22. The molecule has 0 heterocycles. The van der Waals surface area contributed by atoms with E-state index in [1.807, 2.05) is 24.3 Å². The Balaban J connectivity index is 2.21. The molecule has 106 valence electrons. The van der Waals surface area contributed by atoms with Crippen LogP contribution in [-0.2, 0) is 11.3 Å². The minimum atomic E-state index is -0.463. The van der Waals surface area contributed by atoms with Crippen molar-refractivity contribution in [2.45, 2.75) is 44.8 Å². The molecule has 19 heavy (non-hydrogen) atoms. The Morgan fingerprint density at radius 3 is 2.68 bits per heavy atom. The molecule has 1 aromatic rings. The van der Waals surface area contributed by atoms with Gasteiger partial charge in [-0.2, -0.15) is 0 Å². The molecule has 1 aromatic carbocycles. The molecule has 1 saturated carbocycles. The van der Waals surface area contributed by atoms with Crippen molar-refractivity contribution in [2.75, 3.05) is 13.7 Å². The van der Waals surface area contributed by atoms with Crippen molar-refractivity contribution < 1.29 is 9.84 Å². The van der Waals surface area contributed by atoms with Crippen LogP contribution in [0.25, 0.3) is 0 Å². The average molecular weight is 263 g/mol. The van der Waals surface area contributed by atoms with Gasteiger partial charge in [0.05, 0.1) is 12.7 Å². The highest BCUT2D eigenvalue weighted by Gasteiger charge is 2.38. The van der Waals surface area contributed by atoms with Crippen molar-refractivity contribution in [3.63, 3.8) is 0 Å². The van der Waals surface area contributed by atoms with Gasteiger partial charge in [0.15, 0.2) is 0 Å². The third-order valence-electron chi connectivity index (χ3n) is 4.41. The Morgan fingerprint density at radius 1 is 1.32 bits per heavy atom. The fourth-order valence-corrected chi connectivity index (χ4v) is 3.22. The second-order valence-corrected chi connectivity index (χ2v) is 5.71. The number of methoxy groups -OCH3 is 1. The van der Waals surface area contributed by atoms with Crippen LogP contribution in [0.2, 0.25) is 0 Å². The number of hydrogen-bond donors (Lipinski definition) is 2. The lowest BCUT2D eigenvalue weighted by Gasteiger charge is -2.40. The smallest absolute Gasteiger partial charge is 0.0858 e. The van der Waals surface area contributed by atoms with E-state index in [0.717, 1.165) is 24.0 Å². The Kier molecular flexibility index (Phi) is 4.97. The van der Waals surface area contributed by atoms with Crippen LogP contribution in [0.5, 0.6) is 0 Å². The number of rotatable bonds is 5. The van der Waals surface area contributed by atoms with E-state index in [-0.39, 0.29) is 5.41 Å². The molecule has 2 rings (SSSR count). The molecule has 3 heteroatoms. The van der Waals surface area contributed by atoms with Crippen molar-refractivity contribution >= 4 is 0 Å². The van der Waals surface area contributed by atoms with E-state index in [4.69, 9.17) is 10.5 Å². The normalized spacial score (nSPS) is 20.2. The molecule has 0 amide bonds. The summed E-state index contributed by atoms with van der Waals surface area (Å²) in [6.45, 7) is 1.14. The minimum Gasteiger partial charge on any atom is -0.388 e. The topological polar surface area (TPSA) is 55.5 Å². The first-order valence-corrected chi connectivity index (χ1v) is 7.18. The molecule has 1 fully saturated rings. The van der Waals surface area contributed by atoms with Crippen LogP contribution >= 0.6 is 0 Å². The van der Waals surface area contributed by atoms with Gasteiger partial charge in [-0.05, 0) is 24.0 Å². The molecule has 1 aliphatic rings. The van der Waals surface area contributed by atoms with E-state index >= 15 is 0 Å². The molecule has 3 N–H and O–H groups in total. The van der Waals surface area contributed by atoms with Crippen LogP contribution in [0.15, 0.2) is 24.3 Å². The van der Waals surface area contributed by atoms with Crippen LogP contribution < -0.4 is 5.73 Å². The molecule has 0 aliphatic heterocycles. The molecule has 0 saturated heterocycles. The average Bonchev–Trinajstić information content (AvgIpc) is 2.48. The van der Waals surface area contributed by atoms with Crippen molar-refractivity contribution in [3.05, 3.63) is 35.4 Å². The van der Waals surface area contributed by atoms with Gasteiger partial charge in [0.1, 0.15) is 0 Å². The van der Waals surface area contributed by atoms with Crippen LogP contribution in [0.4, 0.5) is 0 Å². The maximum atomic E-state index is 10.8. The van der Waals surface area contributed by atoms with E-state index in [2.05, 4.69) is 0 Å². The van der Waals surface area contributed by atoms with Gasteiger partial charge in [-0.15, -0.1) is 0 Å². The maximum Gasteiger partial charge on any atom is 0.0858 e. The number of nitrogens with two attached hydrogens (primary N) is 1. The zero-order valence-corrected chi connectivity index (χ0v) is 11.8. The van der Waals surface area contributed by atoms with Crippen molar-refractivity contribution in [3.8, 4) is 0 Å². The molecule has 0 radical (unpaired) electrons. The van der Waals surface area contributed by atoms with Crippen LogP contribution in [0.3, 0.4) is 0 Å². The lowest BCUT2D eigenvalue weighted by Crippen LogP contribution is -2.38. The first-order chi connectivity index (χ1) is 9.22. The second kappa shape index (κ2) is 6.51. The number of ether oxygens (including phenoxy) is 1. The first kappa shape index (κ1) is 14.5. The lowest BCUT2D eigenvalue weighted by molar-refractivity contribution is 0.000585. The molecule has 0 aromatic heterocycles. The van der Waals surface area contributed by atoms with Gasteiger partial charge in [0, 0.05) is 19.1 Å². The molecule has 1 atom stereocenters. The summed E-state index contributed by atoms with van der Waals surface area (Å²) in [6.07, 6.45) is 5.20. The summed E-state index contributed by atoms with van der Waals surface area (Å²) < 4.78 is 5.15. The molecule has 0 spiro atoms. The van der Waals surface area contributed by atoms with Gasteiger partial charge >= 0.3 is 0 Å². The van der Waals surface area contributed by atoms with Gasteiger partial charge in [-0.1, -0.05) is 43.5 Å². The fraction of sp³-hybridized carbons (Fsp3) is 0.625. The van der Waals surface area contributed by atoms with Crippen LogP contribution in [0.1, 0.15) is 49.3 Å². The van der Waals surface area contributed by atoms with Crippen molar-refractivity contribution in [2.24, 2.45) is 11.1 Å². The summed E-state index contributed by atoms with van der Waals surface area (Å²) in [5, 5.41) is 10.8. The minimum absolute atomic E-state index is 0.135. The van der Waals surface area contributed by atoms with Crippen molar-refractivity contribution in [1.29, 1.82) is 0 Å². The highest BCUT2D eigenvalue weighted by molar-refractivity contribution is 5.26. The van der Waals surface area contributed by atoms with Gasteiger partial charge in [0.2, 0.25) is 0 Å². The summed E-state index contributed by atoms with van der Waals surface area (Å²) in [6, 6.07) is 8.05. The largest absolute Gasteiger partial charge is 0.388 e. The Labute approximate surface area is 115 Å². The molecule has 1 aliphatic carbocycles. The van der Waals surface area contributed by atoms with Crippen molar-refractivity contribution in [1.82, 2.24) is 0 Å². The molecule has 3 nitrogen and oxygen atoms in total. The monoisotopic (exact) mass is 263 g/mol. The number of aliphatic hydroxyl groups is 1. The maximum absolute atomic E-state index is 10.8. The number of hydrogen-bond acceptors (Lipinski definition) is 3. The zero-order chi connectivity index (χ0) is 13.7. The standard InChI is InChI=1S/C16H25NO2/c1-19-11-13-6-5-7-14(10-13)15(18)16(12-17)8-3-2-4-9-16/h5-7,10,15,18H,2-4,8-9,11-12,17H2,1H3. The summed E-state index contributed by atoms with van der Waals surface area (Å²) in [5.74, 6) is 0. The van der Waals surface area contributed by atoms with Gasteiger partial charge in [-0.25, -0.2) is 0 Å². The number of benzene rings is 1. The van der Waals surface area contributed by atoms with Crippen LogP contribution in [0, 0.1) is 5.41 Å². The van der Waals surface area contributed by atoms with E-state index < -0.39 is 6.10 Å². The van der Waals surface area contributed by atoms with E-state index in [1.54, 1.807) is 7.11 Å². The summed E-state index contributed by atoms with van der Waals surface area (Å²) in [5.41, 5.74) is 7.93. The molecule has 1 unspecified atom stereocenters. The quantitative estimate of drug-likeness (QED) is 0.859. The van der Waals surface area contributed by atoms with Crippen LogP contribution in [-0.4, -0.2) is 18.8 Å². The highest BCUT2D eigenvalue weighted by Crippen LogP contribution is 2.45. The first-order valence-electron chi connectivity index (χ1n) is 7.18. The Hall–Kier alpha value is -0.900. The van der Waals surface area contributed by atoms with E-state index in [9.17, 15) is 5.11 Å². The summed E-state index contributed by atoms with van der Waals surface area (Å²) in [4.78, 5) is 0. The highest BCUT2D eigenvalue weighted by atomic mass is 16.5. The van der Waals surface area contributed by atoms with Gasteiger partial charge in [-0.3, -0.25) is 0 Å². The lowest BCUT2D eigenvalue weighted by atomic mass is 9.68. The predicted molar refractivity (Wildman–Crippen MR) is 76.7 cm³/mol. The zero-order valence-electron chi connectivity index (χ0n) is 11.8. The molecule has 0 bridgehead atoms. The Morgan fingerprint density at radius 2 is 2.05 bits per heavy atom. The second-order valence-electron chi connectivity index (χ2n) is 5.71. The van der Waals surface area contributed by atoms with Gasteiger partial charge in [0.25, 0.3) is 0 Å². The van der Waals surface area contributed by atoms with E-state index in [1.165, 1.54) is 19.3 Å². The SMILES string of the molecule is COCc1cccc(C(O)C2(CN)CCCCC2)c1. The summed E-state index contributed by atoms with van der Waals surface area (Å²) >= 11 is 0. The predicted octanol–water partition coefficient (Wildman–Crippen LogP) is 2.78. The van der Waals surface area contributed by atoms with Gasteiger partial charge < -0.3 is 15.6 Å². The molecular formula is C16H25NO2. The van der Waals surface area contributed by atoms with E-state index in [0.29, 0.717) is 13.2 Å². The number of aliphatic hydroxyl groups excluding tert-OH is 1. The summed E-state index contributed by atoms with van der Waals surface area (Å²) in [7, 11) is 1.69. The third kappa shape index (κ3) is 3.16. The Bertz CT molecular complexity index is 399. The molecular weight excluding hydrogens is 238 g/mol. The third-order valence-corrected chi connectivity index (χ3v) is 4.41.